The number of carbonyl (C=O) groups excluding carboxylic acids is 2. The van der Waals surface area contributed by atoms with E-state index in [0.29, 0.717) is 13.0 Å². The van der Waals surface area contributed by atoms with Gasteiger partial charge in [0.15, 0.2) is 0 Å². The molecule has 18 heavy (non-hydrogen) atoms. The maximum Gasteiger partial charge on any atom is 0.281 e. The van der Waals surface area contributed by atoms with Crippen LogP contribution in [0.1, 0.15) is 25.7 Å². The van der Waals surface area contributed by atoms with E-state index in [0.717, 1.165) is 38.1 Å². The number of thioether (sulfide) groups is 1. The summed E-state index contributed by atoms with van der Waals surface area (Å²) in [7, 11) is 0. The van der Waals surface area contributed by atoms with Crippen LogP contribution in [-0.2, 0) is 4.79 Å². The monoisotopic (exact) mass is 272 g/mol. The maximum absolute atomic E-state index is 12.1. The van der Waals surface area contributed by atoms with E-state index in [1.54, 1.807) is 9.80 Å². The number of likely N-dealkylation sites (tertiary alicyclic amines) is 1. The molecule has 1 N–H and O–H groups in total. The highest BCUT2D eigenvalue weighted by atomic mass is 32.2. The van der Waals surface area contributed by atoms with Gasteiger partial charge in [-0.3, -0.25) is 9.59 Å². The summed E-state index contributed by atoms with van der Waals surface area (Å²) in [6.07, 6.45) is 3.36. The largest absolute Gasteiger partial charge is 0.394 e. The average Bonchev–Trinajstić information content (AvgIpc) is 2.81. The van der Waals surface area contributed by atoms with E-state index < -0.39 is 0 Å². The van der Waals surface area contributed by atoms with Gasteiger partial charge in [-0.2, -0.15) is 0 Å². The van der Waals surface area contributed by atoms with E-state index in [1.165, 1.54) is 11.8 Å². The van der Waals surface area contributed by atoms with Crippen LogP contribution < -0.4 is 0 Å². The van der Waals surface area contributed by atoms with Gasteiger partial charge in [0.2, 0.25) is 5.91 Å². The fourth-order valence-electron chi connectivity index (χ4n) is 2.52. The summed E-state index contributed by atoms with van der Waals surface area (Å²) < 4.78 is 0. The van der Waals surface area contributed by atoms with Crippen LogP contribution in [0.4, 0.5) is 4.79 Å². The van der Waals surface area contributed by atoms with Gasteiger partial charge in [-0.15, -0.1) is 0 Å². The Hall–Kier alpha value is -0.750. The van der Waals surface area contributed by atoms with Gasteiger partial charge in [-0.05, 0) is 19.3 Å². The van der Waals surface area contributed by atoms with Gasteiger partial charge in [-0.1, -0.05) is 11.8 Å². The third-order valence-corrected chi connectivity index (χ3v) is 4.49. The Morgan fingerprint density at radius 2 is 2.22 bits per heavy atom. The highest BCUT2D eigenvalue weighted by Crippen LogP contribution is 2.20. The van der Waals surface area contributed by atoms with Crippen molar-refractivity contribution in [2.24, 2.45) is 0 Å². The molecule has 102 valence electrons. The summed E-state index contributed by atoms with van der Waals surface area (Å²) in [6, 6.07) is -0.0186. The molecule has 1 unspecified atom stereocenters. The van der Waals surface area contributed by atoms with Crippen molar-refractivity contribution in [3.05, 3.63) is 0 Å². The van der Waals surface area contributed by atoms with Crippen LogP contribution >= 0.6 is 11.8 Å². The number of amides is 2. The van der Waals surface area contributed by atoms with Crippen molar-refractivity contribution < 1.29 is 14.7 Å². The summed E-state index contributed by atoms with van der Waals surface area (Å²) in [5, 5.41) is 9.35. The molecule has 2 rings (SSSR count). The minimum Gasteiger partial charge on any atom is -0.394 e. The second kappa shape index (κ2) is 6.43. The van der Waals surface area contributed by atoms with Crippen molar-refractivity contribution in [1.29, 1.82) is 0 Å². The molecule has 6 heteroatoms. The van der Waals surface area contributed by atoms with Crippen molar-refractivity contribution in [2.45, 2.75) is 31.7 Å². The Labute approximate surface area is 112 Å². The summed E-state index contributed by atoms with van der Waals surface area (Å²) in [5.41, 5.74) is 0. The molecule has 2 saturated heterocycles. The minimum absolute atomic E-state index is 0.0186. The average molecular weight is 272 g/mol. The molecule has 0 aliphatic carbocycles. The predicted octanol–water partition coefficient (Wildman–Crippen LogP) is 0.919. The van der Waals surface area contributed by atoms with Crippen LogP contribution in [0.5, 0.6) is 0 Å². The van der Waals surface area contributed by atoms with Gasteiger partial charge < -0.3 is 14.9 Å². The Bertz CT molecular complexity index is 324. The fourth-order valence-corrected chi connectivity index (χ4v) is 3.37. The number of aliphatic hydroxyl groups is 1. The van der Waals surface area contributed by atoms with E-state index in [1.807, 2.05) is 0 Å². The van der Waals surface area contributed by atoms with Crippen molar-refractivity contribution in [3.63, 3.8) is 0 Å². The number of hydrogen-bond acceptors (Lipinski definition) is 4. The van der Waals surface area contributed by atoms with E-state index in [-0.39, 0.29) is 23.8 Å². The Morgan fingerprint density at radius 3 is 2.89 bits per heavy atom. The van der Waals surface area contributed by atoms with Gasteiger partial charge in [-0.25, -0.2) is 0 Å². The lowest BCUT2D eigenvalue weighted by atomic mass is 10.0. The molecule has 0 saturated carbocycles. The molecule has 2 aliphatic rings. The lowest BCUT2D eigenvalue weighted by molar-refractivity contribution is -0.136. The first-order valence-electron chi connectivity index (χ1n) is 6.54. The molecule has 1 atom stereocenters. The van der Waals surface area contributed by atoms with E-state index in [4.69, 9.17) is 0 Å². The molecular weight excluding hydrogens is 252 g/mol. The topological polar surface area (TPSA) is 60.9 Å². The van der Waals surface area contributed by atoms with Crippen molar-refractivity contribution >= 4 is 22.9 Å². The molecule has 0 spiro atoms. The molecule has 2 fully saturated rings. The number of carbonyl (C=O) groups is 2. The van der Waals surface area contributed by atoms with E-state index in [9.17, 15) is 14.7 Å². The zero-order valence-corrected chi connectivity index (χ0v) is 11.3. The van der Waals surface area contributed by atoms with Gasteiger partial charge in [0, 0.05) is 31.8 Å². The van der Waals surface area contributed by atoms with Crippen LogP contribution in [0.3, 0.4) is 0 Å². The second-order valence-corrected chi connectivity index (χ2v) is 5.82. The van der Waals surface area contributed by atoms with E-state index in [2.05, 4.69) is 0 Å². The normalized spacial score (nSPS) is 24.7. The smallest absolute Gasteiger partial charge is 0.281 e. The number of nitrogens with zero attached hydrogens (tertiary/aromatic N) is 2. The van der Waals surface area contributed by atoms with Crippen molar-refractivity contribution in [2.75, 3.05) is 32.0 Å². The zero-order chi connectivity index (χ0) is 13.0. The Morgan fingerprint density at radius 1 is 1.39 bits per heavy atom. The predicted molar refractivity (Wildman–Crippen MR) is 70.5 cm³/mol. The van der Waals surface area contributed by atoms with Gasteiger partial charge >= 0.3 is 0 Å². The first-order chi connectivity index (χ1) is 8.72. The van der Waals surface area contributed by atoms with Crippen LogP contribution in [0.25, 0.3) is 0 Å². The summed E-state index contributed by atoms with van der Waals surface area (Å²) in [4.78, 5) is 27.0. The molecule has 2 amide bonds. The van der Waals surface area contributed by atoms with Crippen LogP contribution in [-0.4, -0.2) is 64.1 Å². The van der Waals surface area contributed by atoms with E-state index >= 15 is 0 Å². The second-order valence-electron chi connectivity index (χ2n) is 4.77. The van der Waals surface area contributed by atoms with Crippen LogP contribution in [0, 0.1) is 0 Å². The summed E-state index contributed by atoms with van der Waals surface area (Å²) in [5.74, 6) is 0.897. The SMILES string of the molecule is O=C1SCCN1CCC(=O)N1CCCCC1CO. The maximum atomic E-state index is 12.1. The van der Waals surface area contributed by atoms with Crippen molar-refractivity contribution in [1.82, 2.24) is 9.80 Å². The molecule has 0 aromatic carbocycles. The molecule has 0 aromatic heterocycles. The molecule has 0 aromatic rings. The van der Waals surface area contributed by atoms with Gasteiger partial charge in [0.05, 0.1) is 12.6 Å². The highest BCUT2D eigenvalue weighted by Gasteiger charge is 2.27. The Kier molecular flexibility index (Phi) is 4.88. The Balaban J connectivity index is 1.81. The van der Waals surface area contributed by atoms with Gasteiger partial charge in [0.1, 0.15) is 0 Å². The molecule has 5 nitrogen and oxygen atoms in total. The molecule has 0 bridgehead atoms. The standard InChI is InChI=1S/C12H20N2O3S/c15-9-10-3-1-2-5-14(10)11(16)4-6-13-7-8-18-12(13)17/h10,15H,1-9H2. The number of piperidine rings is 1. The molecule has 2 heterocycles. The zero-order valence-electron chi connectivity index (χ0n) is 10.5. The minimum atomic E-state index is -0.0186. The highest BCUT2D eigenvalue weighted by molar-refractivity contribution is 8.13. The van der Waals surface area contributed by atoms with Crippen LogP contribution in [0.15, 0.2) is 0 Å². The van der Waals surface area contributed by atoms with Crippen LogP contribution in [0.2, 0.25) is 0 Å². The lowest BCUT2D eigenvalue weighted by Crippen LogP contribution is -2.46. The quantitative estimate of drug-likeness (QED) is 0.826. The summed E-state index contributed by atoms with van der Waals surface area (Å²) in [6.45, 7) is 2.05. The van der Waals surface area contributed by atoms with Crippen molar-refractivity contribution in [3.8, 4) is 0 Å². The number of aliphatic hydroxyl groups excluding tert-OH is 1. The third kappa shape index (κ3) is 3.17. The fraction of sp³-hybridized carbons (Fsp3) is 0.833. The molecule has 0 radical (unpaired) electrons. The van der Waals surface area contributed by atoms with Gasteiger partial charge in [0.25, 0.3) is 5.24 Å². The number of hydrogen-bond donors (Lipinski definition) is 1. The first-order valence-corrected chi connectivity index (χ1v) is 7.53. The third-order valence-electron chi connectivity index (χ3n) is 3.60. The lowest BCUT2D eigenvalue weighted by Gasteiger charge is -2.35. The first kappa shape index (κ1) is 13.7. The molecule has 2 aliphatic heterocycles. The summed E-state index contributed by atoms with van der Waals surface area (Å²) >= 11 is 1.32. The molecular formula is C12H20N2O3S. The number of rotatable bonds is 4.